The van der Waals surface area contributed by atoms with Crippen molar-refractivity contribution in [3.8, 4) is 17.2 Å². The summed E-state index contributed by atoms with van der Waals surface area (Å²) in [5.41, 5.74) is 1.45. The van der Waals surface area contributed by atoms with Crippen molar-refractivity contribution in [2.24, 2.45) is 0 Å². The van der Waals surface area contributed by atoms with Crippen LogP contribution >= 0.6 is 15.9 Å². The minimum atomic E-state index is -0.0859. The number of aromatic nitrogens is 1. The fourth-order valence-electron chi connectivity index (χ4n) is 3.82. The Hall–Kier alpha value is -3.00. The number of para-hydroxylation sites is 1. The van der Waals surface area contributed by atoms with Gasteiger partial charge in [0.15, 0.2) is 11.5 Å². The molecule has 0 spiro atoms. The minimum Gasteiger partial charge on any atom is -0.493 e. The summed E-state index contributed by atoms with van der Waals surface area (Å²) >= 11 is 3.51. The van der Waals surface area contributed by atoms with Gasteiger partial charge in [0.25, 0.3) is 5.91 Å². The standard InChI is InChI=1S/C23H24BrN3O4/c1-29-18-14-16(20(24)22(31-3)21(18)30-2)23(28)27-12-10-26(11-13-27)19-9-8-15-6-4-5-7-17(15)25-19/h4-9,14H,10-13H2,1-3H3. The molecule has 162 valence electrons. The van der Waals surface area contributed by atoms with E-state index in [0.717, 1.165) is 16.7 Å². The number of hydrogen-bond acceptors (Lipinski definition) is 6. The number of carbonyl (C=O) groups is 1. The van der Waals surface area contributed by atoms with E-state index in [1.807, 2.05) is 29.2 Å². The van der Waals surface area contributed by atoms with Crippen molar-refractivity contribution in [3.63, 3.8) is 0 Å². The van der Waals surface area contributed by atoms with Crippen molar-refractivity contribution in [1.82, 2.24) is 9.88 Å². The Labute approximate surface area is 189 Å². The number of methoxy groups -OCH3 is 3. The van der Waals surface area contributed by atoms with E-state index >= 15 is 0 Å². The number of hydrogen-bond donors (Lipinski definition) is 0. The Balaban J connectivity index is 1.53. The molecule has 0 unspecified atom stereocenters. The molecule has 31 heavy (non-hydrogen) atoms. The fourth-order valence-corrected chi connectivity index (χ4v) is 4.44. The van der Waals surface area contributed by atoms with Gasteiger partial charge in [-0.3, -0.25) is 4.79 Å². The van der Waals surface area contributed by atoms with Gasteiger partial charge in [-0.05, 0) is 40.2 Å². The highest BCUT2D eigenvalue weighted by molar-refractivity contribution is 9.10. The third-order valence-corrected chi connectivity index (χ3v) is 6.26. The number of amides is 1. The lowest BCUT2D eigenvalue weighted by Gasteiger charge is -2.35. The molecule has 1 saturated heterocycles. The van der Waals surface area contributed by atoms with Crippen LogP contribution < -0.4 is 19.1 Å². The van der Waals surface area contributed by atoms with Gasteiger partial charge in [0.1, 0.15) is 5.82 Å². The number of ether oxygens (including phenoxy) is 3. The number of fused-ring (bicyclic) bond motifs is 1. The molecule has 1 amide bonds. The van der Waals surface area contributed by atoms with E-state index in [1.54, 1.807) is 6.07 Å². The lowest BCUT2D eigenvalue weighted by Crippen LogP contribution is -2.49. The van der Waals surface area contributed by atoms with E-state index < -0.39 is 0 Å². The van der Waals surface area contributed by atoms with Crippen molar-refractivity contribution < 1.29 is 19.0 Å². The Bertz CT molecular complexity index is 1110. The summed E-state index contributed by atoms with van der Waals surface area (Å²) in [5.74, 6) is 2.17. The summed E-state index contributed by atoms with van der Waals surface area (Å²) in [4.78, 5) is 22.1. The second-order valence-corrected chi connectivity index (χ2v) is 7.94. The minimum absolute atomic E-state index is 0.0859. The maximum Gasteiger partial charge on any atom is 0.255 e. The normalized spacial score (nSPS) is 13.9. The maximum atomic E-state index is 13.3. The Morgan fingerprint density at radius 1 is 0.935 bits per heavy atom. The average Bonchev–Trinajstić information content (AvgIpc) is 2.83. The molecule has 4 rings (SSSR count). The summed E-state index contributed by atoms with van der Waals surface area (Å²) in [6.07, 6.45) is 0. The van der Waals surface area contributed by atoms with E-state index in [4.69, 9.17) is 19.2 Å². The number of anilines is 1. The zero-order chi connectivity index (χ0) is 22.0. The van der Waals surface area contributed by atoms with Crippen LogP contribution in [0, 0.1) is 0 Å². The SMILES string of the molecule is COc1cc(C(=O)N2CCN(c3ccc4ccccc4n3)CC2)c(Br)c(OC)c1OC. The molecule has 0 saturated carbocycles. The topological polar surface area (TPSA) is 64.1 Å². The van der Waals surface area contributed by atoms with Crippen LogP contribution in [0.2, 0.25) is 0 Å². The number of pyridine rings is 1. The summed E-state index contributed by atoms with van der Waals surface area (Å²) < 4.78 is 16.8. The molecule has 0 atom stereocenters. The monoisotopic (exact) mass is 485 g/mol. The van der Waals surface area contributed by atoms with Crippen LogP contribution in [0.25, 0.3) is 10.9 Å². The van der Waals surface area contributed by atoms with E-state index in [0.29, 0.717) is 53.5 Å². The van der Waals surface area contributed by atoms with Gasteiger partial charge in [-0.25, -0.2) is 4.98 Å². The molecule has 1 aliphatic heterocycles. The van der Waals surface area contributed by atoms with Gasteiger partial charge in [-0.1, -0.05) is 18.2 Å². The summed E-state index contributed by atoms with van der Waals surface area (Å²) in [5, 5.41) is 1.12. The number of benzene rings is 2. The molecule has 2 heterocycles. The smallest absolute Gasteiger partial charge is 0.255 e. The van der Waals surface area contributed by atoms with Gasteiger partial charge in [0, 0.05) is 31.6 Å². The van der Waals surface area contributed by atoms with Crippen molar-refractivity contribution in [3.05, 3.63) is 52.5 Å². The Kier molecular flexibility index (Phi) is 6.18. The largest absolute Gasteiger partial charge is 0.493 e. The number of carbonyl (C=O) groups excluding carboxylic acids is 1. The van der Waals surface area contributed by atoms with Crippen LogP contribution in [0.15, 0.2) is 46.9 Å². The highest BCUT2D eigenvalue weighted by Gasteiger charge is 2.28. The lowest BCUT2D eigenvalue weighted by atomic mass is 10.1. The molecule has 0 radical (unpaired) electrons. The first-order valence-corrected chi connectivity index (χ1v) is 10.7. The number of rotatable bonds is 5. The predicted octanol–water partition coefficient (Wildman–Crippen LogP) is 3.99. The van der Waals surface area contributed by atoms with E-state index in [2.05, 4.69) is 33.0 Å². The second-order valence-electron chi connectivity index (χ2n) is 7.15. The highest BCUT2D eigenvalue weighted by Crippen LogP contribution is 2.45. The molecular formula is C23H24BrN3O4. The van der Waals surface area contributed by atoms with Gasteiger partial charge in [-0.15, -0.1) is 0 Å². The van der Waals surface area contributed by atoms with Crippen molar-refractivity contribution in [2.45, 2.75) is 0 Å². The fraction of sp³-hybridized carbons (Fsp3) is 0.304. The van der Waals surface area contributed by atoms with Crippen LogP contribution in [0.3, 0.4) is 0 Å². The number of piperazine rings is 1. The molecule has 2 aromatic carbocycles. The molecule has 0 N–H and O–H groups in total. The second kappa shape index (κ2) is 9.01. The summed E-state index contributed by atoms with van der Waals surface area (Å²) in [6, 6.07) is 13.9. The molecule has 7 nitrogen and oxygen atoms in total. The quantitative estimate of drug-likeness (QED) is 0.544. The zero-order valence-corrected chi connectivity index (χ0v) is 19.3. The Morgan fingerprint density at radius 3 is 2.32 bits per heavy atom. The molecule has 0 bridgehead atoms. The van der Waals surface area contributed by atoms with Gasteiger partial charge < -0.3 is 24.0 Å². The molecule has 1 fully saturated rings. The molecule has 3 aromatic rings. The number of nitrogens with zero attached hydrogens (tertiary/aromatic N) is 3. The van der Waals surface area contributed by atoms with Crippen LogP contribution in [-0.4, -0.2) is 63.3 Å². The van der Waals surface area contributed by atoms with E-state index in [9.17, 15) is 4.79 Å². The zero-order valence-electron chi connectivity index (χ0n) is 17.7. The third-order valence-electron chi connectivity index (χ3n) is 5.47. The highest BCUT2D eigenvalue weighted by atomic mass is 79.9. The van der Waals surface area contributed by atoms with E-state index in [1.165, 1.54) is 21.3 Å². The third kappa shape index (κ3) is 3.99. The first-order chi connectivity index (χ1) is 15.1. The van der Waals surface area contributed by atoms with Crippen molar-refractivity contribution >= 4 is 38.6 Å². The molecule has 1 aliphatic rings. The average molecular weight is 486 g/mol. The molecule has 8 heteroatoms. The summed E-state index contributed by atoms with van der Waals surface area (Å²) in [6.45, 7) is 2.60. The van der Waals surface area contributed by atoms with Gasteiger partial charge in [0.05, 0.1) is 36.9 Å². The van der Waals surface area contributed by atoms with Gasteiger partial charge >= 0.3 is 0 Å². The van der Waals surface area contributed by atoms with Gasteiger partial charge in [-0.2, -0.15) is 0 Å². The van der Waals surface area contributed by atoms with Crippen LogP contribution in [0.1, 0.15) is 10.4 Å². The van der Waals surface area contributed by atoms with Gasteiger partial charge in [0.2, 0.25) is 5.75 Å². The molecular weight excluding hydrogens is 462 g/mol. The Morgan fingerprint density at radius 2 is 1.65 bits per heavy atom. The first kappa shape index (κ1) is 21.2. The van der Waals surface area contributed by atoms with Crippen LogP contribution in [-0.2, 0) is 0 Å². The number of halogens is 1. The van der Waals surface area contributed by atoms with E-state index in [-0.39, 0.29) is 5.91 Å². The molecule has 1 aromatic heterocycles. The summed E-state index contributed by atoms with van der Waals surface area (Å²) in [7, 11) is 4.61. The lowest BCUT2D eigenvalue weighted by molar-refractivity contribution is 0.0744. The van der Waals surface area contributed by atoms with Crippen molar-refractivity contribution in [1.29, 1.82) is 0 Å². The van der Waals surface area contributed by atoms with Crippen LogP contribution in [0.4, 0.5) is 5.82 Å². The van der Waals surface area contributed by atoms with Crippen LogP contribution in [0.5, 0.6) is 17.2 Å². The van der Waals surface area contributed by atoms with Crippen molar-refractivity contribution in [2.75, 3.05) is 52.4 Å². The molecule has 0 aliphatic carbocycles. The first-order valence-electron chi connectivity index (χ1n) is 9.95. The maximum absolute atomic E-state index is 13.3. The predicted molar refractivity (Wildman–Crippen MR) is 124 cm³/mol.